The van der Waals surface area contributed by atoms with Crippen LogP contribution in [0.15, 0.2) is 12.2 Å². The summed E-state index contributed by atoms with van der Waals surface area (Å²) in [4.78, 5) is 19.0. The average molecular weight is 371 g/mol. The van der Waals surface area contributed by atoms with E-state index >= 15 is 0 Å². The van der Waals surface area contributed by atoms with Crippen LogP contribution in [0.4, 0.5) is 13.2 Å². The lowest BCUT2D eigenvalue weighted by molar-refractivity contribution is -0.264. The van der Waals surface area contributed by atoms with E-state index in [0.29, 0.717) is 0 Å². The van der Waals surface area contributed by atoms with Crippen LogP contribution >= 0.6 is 0 Å². The van der Waals surface area contributed by atoms with Gasteiger partial charge in [-0.05, 0) is 6.92 Å². The van der Waals surface area contributed by atoms with Crippen molar-refractivity contribution in [3.8, 4) is 0 Å². The molecule has 0 saturated carbocycles. The number of sulfonamides is 1. The minimum Gasteiger partial charge on any atom is -0.293 e. The molecule has 9 nitrogen and oxygen atoms in total. The zero-order chi connectivity index (χ0) is 17.6. The summed E-state index contributed by atoms with van der Waals surface area (Å²) >= 11 is 0. The van der Waals surface area contributed by atoms with Gasteiger partial charge in [-0.2, -0.15) is 26.3 Å². The van der Waals surface area contributed by atoms with Crippen LogP contribution in [-0.2, 0) is 39.1 Å². The highest BCUT2D eigenvalue weighted by atomic mass is 32.3. The zero-order valence-corrected chi connectivity index (χ0v) is 12.7. The van der Waals surface area contributed by atoms with Crippen LogP contribution in [0.1, 0.15) is 6.92 Å². The molecular weight excluding hydrogens is 359 g/mol. The van der Waals surface area contributed by atoms with Gasteiger partial charge in [0.25, 0.3) is 0 Å². The summed E-state index contributed by atoms with van der Waals surface area (Å²) in [5, 5.41) is 0. The molecule has 0 atom stereocenters. The van der Waals surface area contributed by atoms with Gasteiger partial charge in [0.15, 0.2) is 6.67 Å². The number of carbonyl (C=O) groups excluding carboxylic acids is 1. The lowest BCUT2D eigenvalue weighted by Crippen LogP contribution is -2.39. The fraction of sp³-hybridized carbons (Fsp3) is 0.625. The minimum absolute atomic E-state index is 0.0505. The minimum atomic E-state index is -5.48. The molecule has 0 fully saturated rings. The quantitative estimate of drug-likeness (QED) is 0.242. The largest absolute Gasteiger partial charge is 0.398 e. The van der Waals surface area contributed by atoms with Crippen molar-refractivity contribution in [1.29, 1.82) is 0 Å². The van der Waals surface area contributed by atoms with E-state index in [2.05, 4.69) is 20.5 Å². The second-order valence-corrected chi connectivity index (χ2v) is 7.06. The number of nitrogens with one attached hydrogen (secondary N) is 1. The first-order chi connectivity index (χ1) is 9.80. The Labute approximate surface area is 124 Å². The van der Waals surface area contributed by atoms with Crippen LogP contribution in [-0.4, -0.2) is 47.9 Å². The number of hydrogen-bond acceptors (Lipinski definition) is 8. The molecule has 0 unspecified atom stereocenters. The molecule has 0 saturated heterocycles. The van der Waals surface area contributed by atoms with Gasteiger partial charge in [-0.25, -0.2) is 17.6 Å². The van der Waals surface area contributed by atoms with Crippen molar-refractivity contribution >= 4 is 26.3 Å². The van der Waals surface area contributed by atoms with Gasteiger partial charge >= 0.3 is 22.4 Å². The molecular formula is C8H12F3NO8S2. The Bertz CT molecular complexity index is 615. The van der Waals surface area contributed by atoms with Crippen LogP contribution in [0.3, 0.4) is 0 Å². The summed E-state index contributed by atoms with van der Waals surface area (Å²) in [6.45, 7) is 1.17. The molecule has 0 amide bonds. The number of hydrogen-bond donors (Lipinski definition) is 1. The number of carbonyl (C=O) groups is 1. The first-order valence-electron chi connectivity index (χ1n) is 5.20. The maximum Gasteiger partial charge on any atom is 0.398 e. The summed E-state index contributed by atoms with van der Waals surface area (Å²) in [7, 11) is -10.2. The summed E-state index contributed by atoms with van der Waals surface area (Å²) in [6, 6.07) is 0. The Hall–Kier alpha value is -1.22. The van der Waals surface area contributed by atoms with Gasteiger partial charge in [0.1, 0.15) is 6.61 Å². The van der Waals surface area contributed by atoms with Crippen molar-refractivity contribution in [3.05, 3.63) is 12.2 Å². The van der Waals surface area contributed by atoms with Crippen LogP contribution in [0, 0.1) is 0 Å². The molecule has 0 aromatic rings. The molecule has 1 N–H and O–H groups in total. The molecule has 22 heavy (non-hydrogen) atoms. The molecule has 0 aliphatic carbocycles. The van der Waals surface area contributed by atoms with Crippen molar-refractivity contribution in [1.82, 2.24) is 4.13 Å². The third-order valence-corrected chi connectivity index (χ3v) is 4.53. The molecule has 0 aliphatic heterocycles. The van der Waals surface area contributed by atoms with Crippen molar-refractivity contribution in [3.63, 3.8) is 0 Å². The molecule has 14 heteroatoms. The first-order valence-corrected chi connectivity index (χ1v) is 8.26. The van der Waals surface area contributed by atoms with Gasteiger partial charge in [0.2, 0.25) is 10.0 Å². The average Bonchev–Trinajstić information content (AvgIpc) is 2.31. The zero-order valence-electron chi connectivity index (χ0n) is 11.0. The van der Waals surface area contributed by atoms with Gasteiger partial charge in [0.05, 0.1) is 5.75 Å². The van der Waals surface area contributed by atoms with Crippen LogP contribution in [0.2, 0.25) is 0 Å². The van der Waals surface area contributed by atoms with Gasteiger partial charge in [-0.3, -0.25) is 4.89 Å². The van der Waals surface area contributed by atoms with E-state index in [1.807, 2.05) is 0 Å². The summed E-state index contributed by atoms with van der Waals surface area (Å²) < 4.78 is 84.7. The van der Waals surface area contributed by atoms with E-state index in [4.69, 9.17) is 0 Å². The molecule has 0 aromatic heterocycles. The topological polar surface area (TPSA) is 125 Å². The monoisotopic (exact) mass is 371 g/mol. The lowest BCUT2D eigenvalue weighted by atomic mass is 10.4. The maximum absolute atomic E-state index is 12.4. The Balaban J connectivity index is 4.47. The fourth-order valence-electron chi connectivity index (χ4n) is 0.707. The second kappa shape index (κ2) is 7.87. The van der Waals surface area contributed by atoms with Crippen molar-refractivity contribution in [2.45, 2.75) is 13.0 Å². The number of halogens is 3. The molecule has 0 aromatic carbocycles. The van der Waals surface area contributed by atoms with Gasteiger partial charge in [-0.1, -0.05) is 10.7 Å². The Kier molecular flexibility index (Phi) is 7.43. The number of alkyl halides is 3. The molecule has 0 heterocycles. The van der Waals surface area contributed by atoms with Crippen molar-refractivity contribution in [2.24, 2.45) is 0 Å². The van der Waals surface area contributed by atoms with Gasteiger partial charge < -0.3 is 0 Å². The molecule has 0 spiro atoms. The van der Waals surface area contributed by atoms with Crippen molar-refractivity contribution in [2.75, 3.05) is 19.0 Å². The summed E-state index contributed by atoms with van der Waals surface area (Å²) in [5.41, 5.74) is -0.0505. The SMILES string of the molecule is C=C(C)C(=O)OOCCS(=O)(=O)NS(=O)(=O)OC(F)(F)CF. The third-order valence-electron chi connectivity index (χ3n) is 1.53. The summed E-state index contributed by atoms with van der Waals surface area (Å²) in [5.74, 6) is -2.08. The normalized spacial score (nSPS) is 12.9. The van der Waals surface area contributed by atoms with Gasteiger partial charge in [-0.15, -0.1) is 0 Å². The van der Waals surface area contributed by atoms with E-state index in [0.717, 1.165) is 4.13 Å². The predicted molar refractivity (Wildman–Crippen MR) is 64.7 cm³/mol. The van der Waals surface area contributed by atoms with Crippen LogP contribution in [0.5, 0.6) is 0 Å². The standard InChI is InChI=1S/C8H12F3NO8S2/c1-6(2)7(13)19-18-3-4-21(14,15)12-22(16,17)20-8(10,11)5-9/h12H,1,3-5H2,2H3. The van der Waals surface area contributed by atoms with Gasteiger partial charge in [0, 0.05) is 5.57 Å². The predicted octanol–water partition coefficient (Wildman–Crippen LogP) is -0.220. The fourth-order valence-corrected chi connectivity index (χ4v) is 3.07. The molecule has 130 valence electrons. The van der Waals surface area contributed by atoms with Crippen LogP contribution < -0.4 is 4.13 Å². The molecule has 0 bridgehead atoms. The highest BCUT2D eigenvalue weighted by molar-refractivity contribution is 8.02. The summed E-state index contributed by atoms with van der Waals surface area (Å²) in [6.07, 6.45) is -4.71. The van der Waals surface area contributed by atoms with E-state index < -0.39 is 51.4 Å². The van der Waals surface area contributed by atoms with E-state index in [9.17, 15) is 34.8 Å². The maximum atomic E-state index is 12.4. The van der Waals surface area contributed by atoms with E-state index in [1.165, 1.54) is 6.92 Å². The molecule has 0 rings (SSSR count). The Morgan fingerprint density at radius 3 is 2.27 bits per heavy atom. The highest BCUT2D eigenvalue weighted by Gasteiger charge is 2.38. The smallest absolute Gasteiger partial charge is 0.293 e. The Morgan fingerprint density at radius 2 is 1.82 bits per heavy atom. The first kappa shape index (κ1) is 20.8. The second-order valence-electron chi connectivity index (χ2n) is 3.68. The third kappa shape index (κ3) is 8.93. The molecule has 0 aliphatic rings. The highest BCUT2D eigenvalue weighted by Crippen LogP contribution is 2.18. The number of rotatable bonds is 10. The van der Waals surface area contributed by atoms with E-state index in [1.54, 1.807) is 0 Å². The molecule has 0 radical (unpaired) electrons. The Morgan fingerprint density at radius 1 is 1.27 bits per heavy atom. The lowest BCUT2D eigenvalue weighted by Gasteiger charge is -2.13. The van der Waals surface area contributed by atoms with Crippen LogP contribution in [0.25, 0.3) is 0 Å². The van der Waals surface area contributed by atoms with Crippen molar-refractivity contribution < 1.29 is 48.8 Å². The van der Waals surface area contributed by atoms with E-state index in [-0.39, 0.29) is 5.57 Å².